The van der Waals surface area contributed by atoms with Crippen LogP contribution in [0.25, 0.3) is 0 Å². The highest BCUT2D eigenvalue weighted by Crippen LogP contribution is 2.49. The number of alkyl halides is 3. The molecule has 166 valence electrons. The highest BCUT2D eigenvalue weighted by Gasteiger charge is 2.34. The molecule has 0 aromatic heterocycles. The minimum atomic E-state index is -4.31. The number of nitrogens with zero attached hydrogens (tertiary/aromatic N) is 2. The zero-order chi connectivity index (χ0) is 21.7. The lowest BCUT2D eigenvalue weighted by atomic mass is 9.99. The van der Waals surface area contributed by atoms with Crippen LogP contribution in [-0.4, -0.2) is 31.1 Å². The fraction of sp³-hybridized carbons (Fsp3) is 0.583. The summed E-state index contributed by atoms with van der Waals surface area (Å²) < 4.78 is 39.9. The first-order valence-electron chi connectivity index (χ1n) is 11.2. The standard InChI is InChI=1S/C22H27F3N2S.C2H6/c1-16-9-13-26(14-10-16)11-4-12-27-18-5-2-3-6-20(18)28-21-8-7-17(15-19(21)27)22(23,24)25;1-2/h5-8,15-16H,2-4,9-14H2,1H3;1-2H3. The Morgan fingerprint density at radius 2 is 1.73 bits per heavy atom. The van der Waals surface area contributed by atoms with Crippen LogP contribution in [0, 0.1) is 5.92 Å². The van der Waals surface area contributed by atoms with E-state index in [1.54, 1.807) is 17.8 Å². The second kappa shape index (κ2) is 10.3. The van der Waals surface area contributed by atoms with Gasteiger partial charge in [-0.15, -0.1) is 0 Å². The van der Waals surface area contributed by atoms with E-state index in [4.69, 9.17) is 0 Å². The number of piperidine rings is 1. The summed E-state index contributed by atoms with van der Waals surface area (Å²) >= 11 is 1.60. The first-order chi connectivity index (χ1) is 14.4. The fourth-order valence-corrected chi connectivity index (χ4v) is 5.34. The van der Waals surface area contributed by atoms with Gasteiger partial charge in [-0.05, 0) is 75.9 Å². The normalized spacial score (nSPS) is 19.9. The quantitative estimate of drug-likeness (QED) is 0.486. The minimum absolute atomic E-state index is 0.564. The second-order valence-electron chi connectivity index (χ2n) is 8.05. The number of halogens is 3. The SMILES string of the molecule is CC.CC1CCN(CCCN2C3=CCCC=C3Sc3ccc(C(F)(F)F)cc32)CC1. The molecule has 3 aliphatic rings. The molecule has 2 heterocycles. The Hall–Kier alpha value is -1.40. The second-order valence-corrected chi connectivity index (χ2v) is 9.13. The molecule has 6 heteroatoms. The van der Waals surface area contributed by atoms with E-state index < -0.39 is 11.7 Å². The van der Waals surface area contributed by atoms with Gasteiger partial charge in [0.25, 0.3) is 0 Å². The van der Waals surface area contributed by atoms with Gasteiger partial charge < -0.3 is 9.80 Å². The Bertz CT molecular complexity index is 777. The maximum atomic E-state index is 13.3. The summed E-state index contributed by atoms with van der Waals surface area (Å²) in [5, 5.41) is 0. The van der Waals surface area contributed by atoms with Gasteiger partial charge in [0, 0.05) is 16.3 Å². The van der Waals surface area contributed by atoms with Crippen LogP contribution in [-0.2, 0) is 6.18 Å². The molecule has 0 unspecified atom stereocenters. The Morgan fingerprint density at radius 1 is 1.03 bits per heavy atom. The average molecular weight is 439 g/mol. The Kier molecular flexibility index (Phi) is 7.97. The van der Waals surface area contributed by atoms with Crippen LogP contribution in [0.5, 0.6) is 0 Å². The van der Waals surface area contributed by atoms with Crippen molar-refractivity contribution in [1.29, 1.82) is 0 Å². The molecule has 4 rings (SSSR count). The Labute approximate surface area is 183 Å². The average Bonchev–Trinajstić information content (AvgIpc) is 2.75. The van der Waals surface area contributed by atoms with Crippen LogP contribution in [0.15, 0.2) is 45.8 Å². The molecule has 0 saturated carbocycles. The number of thioether (sulfide) groups is 1. The molecule has 0 spiro atoms. The molecular weight excluding hydrogens is 405 g/mol. The van der Waals surface area contributed by atoms with Crippen LogP contribution in [0.1, 0.15) is 58.4 Å². The predicted octanol–water partition coefficient (Wildman–Crippen LogP) is 7.33. The van der Waals surface area contributed by atoms with E-state index in [0.29, 0.717) is 5.69 Å². The van der Waals surface area contributed by atoms with Crippen LogP contribution >= 0.6 is 11.8 Å². The van der Waals surface area contributed by atoms with Crippen molar-refractivity contribution in [3.8, 4) is 0 Å². The third-order valence-corrected chi connectivity index (χ3v) is 7.07. The molecule has 2 nitrogen and oxygen atoms in total. The van der Waals surface area contributed by atoms with Gasteiger partial charge in [0.1, 0.15) is 0 Å². The summed E-state index contributed by atoms with van der Waals surface area (Å²) in [6.07, 6.45) is 5.50. The predicted molar refractivity (Wildman–Crippen MR) is 121 cm³/mol. The molecular formula is C24H33F3N2S. The third kappa shape index (κ3) is 5.44. The summed E-state index contributed by atoms with van der Waals surface area (Å²) in [4.78, 5) is 6.73. The summed E-state index contributed by atoms with van der Waals surface area (Å²) in [5.41, 5.74) is 1.23. The number of hydrogen-bond acceptors (Lipinski definition) is 3. The molecule has 1 fully saturated rings. The van der Waals surface area contributed by atoms with E-state index in [1.807, 2.05) is 13.8 Å². The van der Waals surface area contributed by atoms with E-state index in [2.05, 4.69) is 28.9 Å². The lowest BCUT2D eigenvalue weighted by Crippen LogP contribution is -2.36. The van der Waals surface area contributed by atoms with E-state index in [-0.39, 0.29) is 0 Å². The summed E-state index contributed by atoms with van der Waals surface area (Å²) in [6, 6.07) is 4.17. The summed E-state index contributed by atoms with van der Waals surface area (Å²) in [6.45, 7) is 10.3. The lowest BCUT2D eigenvalue weighted by Gasteiger charge is -2.37. The van der Waals surface area contributed by atoms with Crippen molar-refractivity contribution < 1.29 is 13.2 Å². The van der Waals surface area contributed by atoms with Crippen LogP contribution in [0.4, 0.5) is 18.9 Å². The molecule has 1 aromatic carbocycles. The first-order valence-corrected chi connectivity index (χ1v) is 12.0. The highest BCUT2D eigenvalue weighted by atomic mass is 32.2. The van der Waals surface area contributed by atoms with Crippen molar-refractivity contribution in [3.05, 3.63) is 46.5 Å². The van der Waals surface area contributed by atoms with Crippen LogP contribution in [0.2, 0.25) is 0 Å². The van der Waals surface area contributed by atoms with Crippen molar-refractivity contribution >= 4 is 17.4 Å². The summed E-state index contributed by atoms with van der Waals surface area (Å²) in [7, 11) is 0. The molecule has 1 aromatic rings. The number of allylic oxidation sites excluding steroid dienone is 2. The number of likely N-dealkylation sites (tertiary alicyclic amines) is 1. The first kappa shape index (κ1) is 23.3. The van der Waals surface area contributed by atoms with Crippen molar-refractivity contribution in [2.75, 3.05) is 31.1 Å². The number of anilines is 1. The lowest BCUT2D eigenvalue weighted by molar-refractivity contribution is -0.137. The number of hydrogen-bond donors (Lipinski definition) is 0. The number of fused-ring (bicyclic) bond motifs is 2. The maximum absolute atomic E-state index is 13.3. The van der Waals surface area contributed by atoms with E-state index in [9.17, 15) is 13.2 Å². The highest BCUT2D eigenvalue weighted by molar-refractivity contribution is 8.03. The maximum Gasteiger partial charge on any atom is 0.416 e. The molecule has 0 bridgehead atoms. The number of benzene rings is 1. The third-order valence-electron chi connectivity index (χ3n) is 5.91. The molecule has 0 atom stereocenters. The van der Waals surface area contributed by atoms with Crippen molar-refractivity contribution in [2.45, 2.75) is 63.9 Å². The van der Waals surface area contributed by atoms with E-state index in [0.717, 1.165) is 62.0 Å². The molecule has 0 N–H and O–H groups in total. The van der Waals surface area contributed by atoms with Gasteiger partial charge in [0.15, 0.2) is 0 Å². The largest absolute Gasteiger partial charge is 0.416 e. The molecule has 1 aliphatic carbocycles. The zero-order valence-corrected chi connectivity index (χ0v) is 19.1. The van der Waals surface area contributed by atoms with E-state index >= 15 is 0 Å². The van der Waals surface area contributed by atoms with Gasteiger partial charge in [0.2, 0.25) is 0 Å². The zero-order valence-electron chi connectivity index (χ0n) is 18.3. The van der Waals surface area contributed by atoms with Crippen LogP contribution in [0.3, 0.4) is 0 Å². The molecule has 2 aliphatic heterocycles. The topological polar surface area (TPSA) is 6.48 Å². The fourth-order valence-electron chi connectivity index (χ4n) is 4.19. The monoisotopic (exact) mass is 438 g/mol. The van der Waals surface area contributed by atoms with Crippen molar-refractivity contribution in [1.82, 2.24) is 4.90 Å². The Balaban J connectivity index is 0.00000124. The van der Waals surface area contributed by atoms with Gasteiger partial charge in [-0.1, -0.05) is 44.7 Å². The van der Waals surface area contributed by atoms with Crippen molar-refractivity contribution in [3.63, 3.8) is 0 Å². The van der Waals surface area contributed by atoms with Gasteiger partial charge >= 0.3 is 6.18 Å². The molecule has 0 radical (unpaired) electrons. The smallest absolute Gasteiger partial charge is 0.340 e. The van der Waals surface area contributed by atoms with E-state index in [1.165, 1.54) is 29.9 Å². The van der Waals surface area contributed by atoms with Gasteiger partial charge in [0.05, 0.1) is 16.9 Å². The Morgan fingerprint density at radius 3 is 2.43 bits per heavy atom. The van der Waals surface area contributed by atoms with Crippen LogP contribution < -0.4 is 4.90 Å². The molecule has 1 saturated heterocycles. The minimum Gasteiger partial charge on any atom is -0.340 e. The van der Waals surface area contributed by atoms with Gasteiger partial charge in [-0.2, -0.15) is 13.2 Å². The molecule has 0 amide bonds. The van der Waals surface area contributed by atoms with Gasteiger partial charge in [-0.3, -0.25) is 0 Å². The van der Waals surface area contributed by atoms with Gasteiger partial charge in [-0.25, -0.2) is 0 Å². The molecule has 30 heavy (non-hydrogen) atoms. The summed E-state index contributed by atoms with van der Waals surface area (Å²) in [5.74, 6) is 0.808. The number of rotatable bonds is 4. The van der Waals surface area contributed by atoms with Crippen molar-refractivity contribution in [2.24, 2.45) is 5.92 Å².